The predicted molar refractivity (Wildman–Crippen MR) is 69.8 cm³/mol. The lowest BCUT2D eigenvalue weighted by Crippen LogP contribution is -2.11. The molecule has 0 saturated heterocycles. The minimum atomic E-state index is 0.280. The van der Waals surface area contributed by atoms with Gasteiger partial charge in [0.15, 0.2) is 5.82 Å². The van der Waals surface area contributed by atoms with E-state index in [2.05, 4.69) is 15.0 Å². The van der Waals surface area contributed by atoms with Gasteiger partial charge in [0, 0.05) is 0 Å². The van der Waals surface area contributed by atoms with Gasteiger partial charge in [0.05, 0.1) is 13.7 Å². The first-order valence-electron chi connectivity index (χ1n) is 5.88. The Kier molecular flexibility index (Phi) is 4.25. The second-order valence-corrected chi connectivity index (χ2v) is 3.88. The SMILES string of the molecule is COc1ccc(OCc2nc(C)nc(CN)n2)cc1. The van der Waals surface area contributed by atoms with Crippen molar-refractivity contribution in [1.29, 1.82) is 0 Å². The Hall–Kier alpha value is -2.21. The summed E-state index contributed by atoms with van der Waals surface area (Å²) in [6.45, 7) is 2.37. The molecule has 0 saturated carbocycles. The van der Waals surface area contributed by atoms with Gasteiger partial charge in [-0.3, -0.25) is 0 Å². The highest BCUT2D eigenvalue weighted by atomic mass is 16.5. The molecule has 0 radical (unpaired) electrons. The van der Waals surface area contributed by atoms with Crippen LogP contribution in [0.25, 0.3) is 0 Å². The summed E-state index contributed by atoms with van der Waals surface area (Å²) < 4.78 is 10.7. The molecule has 0 aliphatic heterocycles. The van der Waals surface area contributed by atoms with Crippen LogP contribution in [0.5, 0.6) is 11.5 Å². The summed E-state index contributed by atoms with van der Waals surface area (Å²) in [5.74, 6) is 3.30. The van der Waals surface area contributed by atoms with Crippen molar-refractivity contribution in [2.75, 3.05) is 7.11 Å². The molecule has 0 unspecified atom stereocenters. The van der Waals surface area contributed by atoms with Gasteiger partial charge in [0.2, 0.25) is 0 Å². The van der Waals surface area contributed by atoms with Gasteiger partial charge in [-0.15, -0.1) is 0 Å². The Morgan fingerprint density at radius 2 is 1.63 bits per heavy atom. The fraction of sp³-hybridized carbons (Fsp3) is 0.308. The van der Waals surface area contributed by atoms with E-state index < -0.39 is 0 Å². The van der Waals surface area contributed by atoms with Gasteiger partial charge >= 0.3 is 0 Å². The molecular formula is C13H16N4O2. The minimum absolute atomic E-state index is 0.280. The van der Waals surface area contributed by atoms with Gasteiger partial charge in [-0.2, -0.15) is 0 Å². The third-order valence-corrected chi connectivity index (χ3v) is 2.45. The molecular weight excluding hydrogens is 244 g/mol. The first kappa shape index (κ1) is 13.2. The predicted octanol–water partition coefficient (Wildman–Crippen LogP) is 1.23. The molecule has 2 N–H and O–H groups in total. The lowest BCUT2D eigenvalue weighted by atomic mass is 10.3. The van der Waals surface area contributed by atoms with Crippen molar-refractivity contribution in [2.24, 2.45) is 5.73 Å². The number of nitrogens with two attached hydrogens (primary N) is 1. The summed E-state index contributed by atoms with van der Waals surface area (Å²) in [6.07, 6.45) is 0. The van der Waals surface area contributed by atoms with Crippen LogP contribution in [0.15, 0.2) is 24.3 Å². The maximum atomic E-state index is 5.60. The average Bonchev–Trinajstić information content (AvgIpc) is 2.45. The molecule has 19 heavy (non-hydrogen) atoms. The average molecular weight is 260 g/mol. The van der Waals surface area contributed by atoms with E-state index in [0.29, 0.717) is 24.0 Å². The molecule has 0 aliphatic carbocycles. The number of hydrogen-bond acceptors (Lipinski definition) is 6. The van der Waals surface area contributed by atoms with Crippen LogP contribution >= 0.6 is 0 Å². The number of aromatic nitrogens is 3. The molecule has 100 valence electrons. The largest absolute Gasteiger partial charge is 0.497 e. The van der Waals surface area contributed by atoms with E-state index >= 15 is 0 Å². The number of aryl methyl sites for hydroxylation is 1. The van der Waals surface area contributed by atoms with E-state index in [1.807, 2.05) is 24.3 Å². The molecule has 0 fully saturated rings. The van der Waals surface area contributed by atoms with E-state index in [0.717, 1.165) is 11.5 Å². The summed E-state index contributed by atoms with van der Waals surface area (Å²) in [4.78, 5) is 12.5. The molecule has 0 aliphatic rings. The number of ether oxygens (including phenoxy) is 2. The summed E-state index contributed by atoms with van der Waals surface area (Å²) in [6, 6.07) is 7.33. The number of rotatable bonds is 5. The van der Waals surface area contributed by atoms with Crippen LogP contribution in [0.2, 0.25) is 0 Å². The van der Waals surface area contributed by atoms with E-state index in [-0.39, 0.29) is 6.61 Å². The van der Waals surface area contributed by atoms with Crippen molar-refractivity contribution < 1.29 is 9.47 Å². The maximum Gasteiger partial charge on any atom is 0.170 e. The number of benzene rings is 1. The van der Waals surface area contributed by atoms with Crippen LogP contribution in [-0.2, 0) is 13.2 Å². The number of hydrogen-bond donors (Lipinski definition) is 1. The Bertz CT molecular complexity index is 543. The molecule has 0 amide bonds. The van der Waals surface area contributed by atoms with E-state index in [1.54, 1.807) is 14.0 Å². The Morgan fingerprint density at radius 1 is 1.00 bits per heavy atom. The molecule has 1 aromatic carbocycles. The highest BCUT2D eigenvalue weighted by Crippen LogP contribution is 2.17. The van der Waals surface area contributed by atoms with Gasteiger partial charge in [-0.1, -0.05) is 0 Å². The van der Waals surface area contributed by atoms with E-state index in [4.69, 9.17) is 15.2 Å². The molecule has 1 heterocycles. The summed E-state index contributed by atoms with van der Waals surface area (Å²) >= 11 is 0. The monoisotopic (exact) mass is 260 g/mol. The van der Waals surface area contributed by atoms with Crippen molar-refractivity contribution in [3.05, 3.63) is 41.7 Å². The molecule has 0 atom stereocenters. The standard InChI is InChI=1S/C13H16N4O2/c1-9-15-12(7-14)17-13(16-9)8-19-11-5-3-10(18-2)4-6-11/h3-6H,7-8,14H2,1-2H3. The zero-order chi connectivity index (χ0) is 13.7. The van der Waals surface area contributed by atoms with Gasteiger partial charge in [0.1, 0.15) is 29.8 Å². The minimum Gasteiger partial charge on any atom is -0.497 e. The van der Waals surface area contributed by atoms with E-state index in [1.165, 1.54) is 0 Å². The van der Waals surface area contributed by atoms with Crippen molar-refractivity contribution in [1.82, 2.24) is 15.0 Å². The van der Waals surface area contributed by atoms with Gasteiger partial charge in [-0.05, 0) is 31.2 Å². The van der Waals surface area contributed by atoms with Gasteiger partial charge in [0.25, 0.3) is 0 Å². The Labute approximate surface area is 111 Å². The van der Waals surface area contributed by atoms with Crippen LogP contribution < -0.4 is 15.2 Å². The van der Waals surface area contributed by atoms with Crippen LogP contribution in [0.3, 0.4) is 0 Å². The van der Waals surface area contributed by atoms with Gasteiger partial charge < -0.3 is 15.2 Å². The molecule has 0 bridgehead atoms. The Balaban J connectivity index is 2.03. The van der Waals surface area contributed by atoms with Crippen molar-refractivity contribution in [3.63, 3.8) is 0 Å². The number of nitrogens with zero attached hydrogens (tertiary/aromatic N) is 3. The second-order valence-electron chi connectivity index (χ2n) is 3.88. The highest BCUT2D eigenvalue weighted by Gasteiger charge is 2.04. The van der Waals surface area contributed by atoms with Crippen molar-refractivity contribution in [2.45, 2.75) is 20.1 Å². The fourth-order valence-corrected chi connectivity index (χ4v) is 1.57. The highest BCUT2D eigenvalue weighted by molar-refractivity contribution is 5.31. The summed E-state index contributed by atoms with van der Waals surface area (Å²) in [7, 11) is 1.62. The molecule has 0 spiro atoms. The normalized spacial score (nSPS) is 10.3. The van der Waals surface area contributed by atoms with Gasteiger partial charge in [-0.25, -0.2) is 15.0 Å². The van der Waals surface area contributed by atoms with Crippen LogP contribution in [0.4, 0.5) is 0 Å². The van der Waals surface area contributed by atoms with E-state index in [9.17, 15) is 0 Å². The Morgan fingerprint density at radius 3 is 2.26 bits per heavy atom. The van der Waals surface area contributed by atoms with Crippen LogP contribution in [0.1, 0.15) is 17.5 Å². The first-order chi connectivity index (χ1) is 9.21. The topological polar surface area (TPSA) is 83.2 Å². The third kappa shape index (κ3) is 3.62. The zero-order valence-electron chi connectivity index (χ0n) is 11.0. The molecule has 2 aromatic rings. The lowest BCUT2D eigenvalue weighted by Gasteiger charge is -2.07. The van der Waals surface area contributed by atoms with Crippen LogP contribution in [-0.4, -0.2) is 22.1 Å². The van der Waals surface area contributed by atoms with Crippen molar-refractivity contribution >= 4 is 0 Å². The number of methoxy groups -OCH3 is 1. The summed E-state index contributed by atoms with van der Waals surface area (Å²) in [5, 5.41) is 0. The molecule has 1 aromatic heterocycles. The maximum absolute atomic E-state index is 5.60. The van der Waals surface area contributed by atoms with Crippen LogP contribution in [0, 0.1) is 6.92 Å². The quantitative estimate of drug-likeness (QED) is 0.870. The smallest absolute Gasteiger partial charge is 0.170 e. The summed E-state index contributed by atoms with van der Waals surface area (Å²) in [5.41, 5.74) is 5.52. The molecule has 6 heteroatoms. The molecule has 6 nitrogen and oxygen atoms in total. The van der Waals surface area contributed by atoms with Crippen molar-refractivity contribution in [3.8, 4) is 11.5 Å². The third-order valence-electron chi connectivity index (χ3n) is 2.45. The lowest BCUT2D eigenvalue weighted by molar-refractivity contribution is 0.293. The zero-order valence-corrected chi connectivity index (χ0v) is 11.0. The fourth-order valence-electron chi connectivity index (χ4n) is 1.57. The second kappa shape index (κ2) is 6.10. The first-order valence-corrected chi connectivity index (χ1v) is 5.88. The molecule has 2 rings (SSSR count).